The average molecular weight is 218 g/mol. The van der Waals surface area contributed by atoms with E-state index in [2.05, 4.69) is 15.0 Å². The van der Waals surface area contributed by atoms with Crippen LogP contribution in [-0.2, 0) is 0 Å². The van der Waals surface area contributed by atoms with Crippen LogP contribution in [0, 0.1) is 5.82 Å². The molecule has 0 aliphatic rings. The minimum Gasteiger partial charge on any atom is -0.241 e. The first-order valence-corrected chi connectivity index (χ1v) is 4.06. The maximum Gasteiger partial charge on any atom is 0.186 e. The average Bonchev–Trinajstić information content (AvgIpc) is 2.12. The lowest BCUT2D eigenvalue weighted by atomic mass is 10.3. The summed E-state index contributed by atoms with van der Waals surface area (Å²) in [6, 6.07) is 0. The predicted molar refractivity (Wildman–Crippen MR) is 47.3 cm³/mol. The summed E-state index contributed by atoms with van der Waals surface area (Å²) in [7, 11) is 0. The molecule has 0 radical (unpaired) electrons. The van der Waals surface area contributed by atoms with Crippen molar-refractivity contribution in [1.29, 1.82) is 0 Å². The van der Waals surface area contributed by atoms with Crippen molar-refractivity contribution in [3.8, 4) is 0 Å². The first-order chi connectivity index (χ1) is 6.20. The Morgan fingerprint density at radius 1 is 1.08 bits per heavy atom. The van der Waals surface area contributed by atoms with Gasteiger partial charge in [0.1, 0.15) is 17.0 Å². The molecule has 66 valence electrons. The third-order valence-corrected chi connectivity index (χ3v) is 2.10. The summed E-state index contributed by atoms with van der Waals surface area (Å²) in [5.41, 5.74) is 0.0833. The number of pyridine rings is 1. The van der Waals surface area contributed by atoms with Crippen molar-refractivity contribution in [1.82, 2.24) is 15.0 Å². The lowest BCUT2D eigenvalue weighted by Crippen LogP contribution is -1.90. The van der Waals surface area contributed by atoms with Gasteiger partial charge in [-0.3, -0.25) is 0 Å². The standard InChI is InChI=1S/C7H2Cl2FN3/c8-6-3-1-11-7(9)4(10)5(3)12-2-13-6/h1-2H. The number of aromatic nitrogens is 3. The Labute approximate surface area is 82.5 Å². The number of rotatable bonds is 0. The van der Waals surface area contributed by atoms with Crippen LogP contribution in [0.2, 0.25) is 10.3 Å². The number of halogens is 3. The largest absolute Gasteiger partial charge is 0.241 e. The van der Waals surface area contributed by atoms with Crippen molar-refractivity contribution in [3.05, 3.63) is 28.6 Å². The van der Waals surface area contributed by atoms with E-state index in [1.807, 2.05) is 0 Å². The molecule has 13 heavy (non-hydrogen) atoms. The summed E-state index contributed by atoms with van der Waals surface area (Å²) < 4.78 is 13.2. The zero-order valence-electron chi connectivity index (χ0n) is 6.13. The van der Waals surface area contributed by atoms with Gasteiger partial charge < -0.3 is 0 Å². The van der Waals surface area contributed by atoms with Gasteiger partial charge in [0.25, 0.3) is 0 Å². The molecule has 0 aliphatic heterocycles. The van der Waals surface area contributed by atoms with E-state index in [1.54, 1.807) is 0 Å². The monoisotopic (exact) mass is 217 g/mol. The summed E-state index contributed by atoms with van der Waals surface area (Å²) in [6.45, 7) is 0. The Kier molecular flexibility index (Phi) is 2.01. The molecule has 0 aromatic carbocycles. The van der Waals surface area contributed by atoms with E-state index in [4.69, 9.17) is 23.2 Å². The molecule has 3 nitrogen and oxygen atoms in total. The van der Waals surface area contributed by atoms with Gasteiger partial charge in [-0.05, 0) is 0 Å². The molecule has 0 atom stereocenters. The lowest BCUT2D eigenvalue weighted by molar-refractivity contribution is 0.631. The summed E-state index contributed by atoms with van der Waals surface area (Å²) in [5, 5.41) is 0.293. The van der Waals surface area contributed by atoms with Crippen molar-refractivity contribution in [2.45, 2.75) is 0 Å². The van der Waals surface area contributed by atoms with Crippen LogP contribution < -0.4 is 0 Å². The molecule has 0 spiro atoms. The van der Waals surface area contributed by atoms with Crippen LogP contribution in [0.5, 0.6) is 0 Å². The molecule has 2 aromatic rings. The molecule has 0 aliphatic carbocycles. The van der Waals surface area contributed by atoms with Crippen LogP contribution in [0.1, 0.15) is 0 Å². The third-order valence-electron chi connectivity index (χ3n) is 1.53. The second-order valence-corrected chi connectivity index (χ2v) is 3.01. The second-order valence-electron chi connectivity index (χ2n) is 2.29. The number of nitrogens with zero attached hydrogens (tertiary/aromatic N) is 3. The van der Waals surface area contributed by atoms with Crippen molar-refractivity contribution >= 4 is 34.1 Å². The highest BCUT2D eigenvalue weighted by Crippen LogP contribution is 2.23. The molecular formula is C7H2Cl2FN3. The lowest BCUT2D eigenvalue weighted by Gasteiger charge is -1.99. The third kappa shape index (κ3) is 1.32. The van der Waals surface area contributed by atoms with E-state index in [-0.39, 0.29) is 15.8 Å². The fourth-order valence-electron chi connectivity index (χ4n) is 0.939. The molecule has 0 saturated carbocycles. The van der Waals surface area contributed by atoms with E-state index in [0.29, 0.717) is 5.39 Å². The Morgan fingerprint density at radius 2 is 1.85 bits per heavy atom. The fourth-order valence-corrected chi connectivity index (χ4v) is 1.26. The molecule has 0 saturated heterocycles. The molecule has 2 heterocycles. The summed E-state index contributed by atoms with van der Waals surface area (Å²) >= 11 is 11.1. The van der Waals surface area contributed by atoms with Gasteiger partial charge in [0.15, 0.2) is 11.0 Å². The van der Waals surface area contributed by atoms with E-state index in [0.717, 1.165) is 0 Å². The zero-order chi connectivity index (χ0) is 9.42. The highest BCUT2D eigenvalue weighted by Gasteiger charge is 2.10. The van der Waals surface area contributed by atoms with Gasteiger partial charge in [0.2, 0.25) is 0 Å². The van der Waals surface area contributed by atoms with Gasteiger partial charge in [-0.2, -0.15) is 0 Å². The number of hydrogen-bond donors (Lipinski definition) is 0. The Morgan fingerprint density at radius 3 is 2.62 bits per heavy atom. The SMILES string of the molecule is Fc1c(Cl)ncc2c(Cl)ncnc12. The van der Waals surface area contributed by atoms with E-state index in [9.17, 15) is 4.39 Å². The van der Waals surface area contributed by atoms with E-state index >= 15 is 0 Å². The van der Waals surface area contributed by atoms with Crippen LogP contribution in [0.3, 0.4) is 0 Å². The van der Waals surface area contributed by atoms with Gasteiger partial charge in [-0.1, -0.05) is 23.2 Å². The molecule has 0 amide bonds. The van der Waals surface area contributed by atoms with Crippen molar-refractivity contribution in [2.24, 2.45) is 0 Å². The number of hydrogen-bond acceptors (Lipinski definition) is 3. The molecule has 6 heteroatoms. The molecular weight excluding hydrogens is 216 g/mol. The first kappa shape index (κ1) is 8.59. The summed E-state index contributed by atoms with van der Waals surface area (Å²) in [5.74, 6) is -0.677. The van der Waals surface area contributed by atoms with Gasteiger partial charge in [-0.15, -0.1) is 0 Å². The molecule has 2 aromatic heterocycles. The molecule has 0 bridgehead atoms. The highest BCUT2D eigenvalue weighted by molar-refractivity contribution is 6.34. The molecule has 0 fully saturated rings. The van der Waals surface area contributed by atoms with Crippen molar-refractivity contribution in [2.75, 3.05) is 0 Å². The smallest absolute Gasteiger partial charge is 0.186 e. The minimum atomic E-state index is -0.677. The van der Waals surface area contributed by atoms with Crippen molar-refractivity contribution < 1.29 is 4.39 Å². The van der Waals surface area contributed by atoms with Crippen LogP contribution in [0.15, 0.2) is 12.5 Å². The van der Waals surface area contributed by atoms with Crippen LogP contribution in [-0.4, -0.2) is 15.0 Å². The van der Waals surface area contributed by atoms with Gasteiger partial charge in [-0.25, -0.2) is 19.3 Å². The van der Waals surface area contributed by atoms with Gasteiger partial charge in [0.05, 0.1) is 5.39 Å². The van der Waals surface area contributed by atoms with E-state index < -0.39 is 5.82 Å². The van der Waals surface area contributed by atoms with Crippen LogP contribution in [0.25, 0.3) is 10.9 Å². The highest BCUT2D eigenvalue weighted by atomic mass is 35.5. The van der Waals surface area contributed by atoms with Crippen LogP contribution in [0.4, 0.5) is 4.39 Å². The Bertz CT molecular complexity index is 474. The quantitative estimate of drug-likeness (QED) is 0.503. The first-order valence-electron chi connectivity index (χ1n) is 3.30. The van der Waals surface area contributed by atoms with E-state index in [1.165, 1.54) is 12.5 Å². The van der Waals surface area contributed by atoms with Crippen LogP contribution >= 0.6 is 23.2 Å². The fraction of sp³-hybridized carbons (Fsp3) is 0. The summed E-state index contributed by atoms with van der Waals surface area (Å²) in [4.78, 5) is 11.0. The topological polar surface area (TPSA) is 38.7 Å². The Balaban J connectivity index is 2.94. The Hall–Kier alpha value is -1.00. The minimum absolute atomic E-state index is 0.0833. The normalized spacial score (nSPS) is 10.7. The van der Waals surface area contributed by atoms with Crippen molar-refractivity contribution in [3.63, 3.8) is 0 Å². The van der Waals surface area contributed by atoms with Gasteiger partial charge >= 0.3 is 0 Å². The molecule has 0 N–H and O–H groups in total. The maximum absolute atomic E-state index is 13.2. The molecule has 0 unspecified atom stereocenters. The molecule has 2 rings (SSSR count). The van der Waals surface area contributed by atoms with Gasteiger partial charge in [0, 0.05) is 6.20 Å². The second kappa shape index (κ2) is 3.05. The summed E-state index contributed by atoms with van der Waals surface area (Å²) in [6.07, 6.45) is 2.51. The zero-order valence-corrected chi connectivity index (χ0v) is 7.64. The maximum atomic E-state index is 13.2. The number of fused-ring (bicyclic) bond motifs is 1. The predicted octanol–water partition coefficient (Wildman–Crippen LogP) is 2.47.